The van der Waals surface area contributed by atoms with Gasteiger partial charge in [0.25, 0.3) is 0 Å². The van der Waals surface area contributed by atoms with Crippen molar-refractivity contribution in [1.29, 1.82) is 0 Å². The molecule has 2 saturated heterocycles. The second-order valence-electron chi connectivity index (χ2n) is 7.30. The molecule has 1 unspecified atom stereocenters. The van der Waals surface area contributed by atoms with Gasteiger partial charge >= 0.3 is 0 Å². The number of rotatable bonds is 11. The zero-order valence-electron chi connectivity index (χ0n) is 17.4. The van der Waals surface area contributed by atoms with Crippen molar-refractivity contribution in [2.75, 3.05) is 52.5 Å². The number of amides is 1. The normalized spacial score (nSPS) is 20.6. The lowest BCUT2D eigenvalue weighted by Gasteiger charge is -2.20. The van der Waals surface area contributed by atoms with Gasteiger partial charge < -0.3 is 25.0 Å². The summed E-state index contributed by atoms with van der Waals surface area (Å²) < 4.78 is 11.2. The summed E-state index contributed by atoms with van der Waals surface area (Å²) in [6, 6.07) is 0. The fraction of sp³-hybridized carbons (Fsp3) is 0.900. The Kier molecular flexibility index (Phi) is 14.7. The van der Waals surface area contributed by atoms with Crippen LogP contribution in [0.1, 0.15) is 58.3 Å². The van der Waals surface area contributed by atoms with Gasteiger partial charge in [-0.2, -0.15) is 0 Å². The number of ether oxygens (including phenoxy) is 2. The van der Waals surface area contributed by atoms with E-state index in [4.69, 9.17) is 9.47 Å². The fourth-order valence-electron chi connectivity index (χ4n) is 3.44. The number of aliphatic imine (C=N–C) groups is 1. The van der Waals surface area contributed by atoms with E-state index in [1.807, 2.05) is 4.90 Å². The van der Waals surface area contributed by atoms with Gasteiger partial charge in [-0.15, -0.1) is 24.0 Å². The van der Waals surface area contributed by atoms with E-state index in [9.17, 15) is 4.79 Å². The van der Waals surface area contributed by atoms with Crippen LogP contribution in [0.2, 0.25) is 0 Å². The zero-order chi connectivity index (χ0) is 19.2. The molecule has 164 valence electrons. The summed E-state index contributed by atoms with van der Waals surface area (Å²) >= 11 is 0. The van der Waals surface area contributed by atoms with Crippen LogP contribution in [-0.4, -0.2) is 75.4 Å². The summed E-state index contributed by atoms with van der Waals surface area (Å²) in [6.07, 6.45) is 8.49. The molecule has 28 heavy (non-hydrogen) atoms. The van der Waals surface area contributed by atoms with Gasteiger partial charge in [-0.25, -0.2) is 0 Å². The number of likely N-dealkylation sites (tertiary alicyclic amines) is 1. The molecule has 2 N–H and O–H groups in total. The molecular weight excluding hydrogens is 471 g/mol. The van der Waals surface area contributed by atoms with Crippen LogP contribution in [0.15, 0.2) is 4.99 Å². The van der Waals surface area contributed by atoms with Crippen molar-refractivity contribution >= 4 is 35.8 Å². The first kappa shape index (κ1) is 25.4. The highest BCUT2D eigenvalue weighted by molar-refractivity contribution is 14.0. The van der Waals surface area contributed by atoms with E-state index in [2.05, 4.69) is 22.5 Å². The smallest absolute Gasteiger partial charge is 0.222 e. The number of hydrogen-bond acceptors (Lipinski definition) is 4. The van der Waals surface area contributed by atoms with Crippen molar-refractivity contribution in [2.24, 2.45) is 4.99 Å². The molecule has 0 aromatic carbocycles. The predicted molar refractivity (Wildman–Crippen MR) is 123 cm³/mol. The molecule has 1 atom stereocenters. The summed E-state index contributed by atoms with van der Waals surface area (Å²) in [7, 11) is 0. The van der Waals surface area contributed by atoms with Crippen LogP contribution < -0.4 is 10.6 Å². The minimum atomic E-state index is 0. The summed E-state index contributed by atoms with van der Waals surface area (Å²) in [4.78, 5) is 18.6. The molecule has 0 aromatic heterocycles. The van der Waals surface area contributed by atoms with Crippen LogP contribution in [0.3, 0.4) is 0 Å². The zero-order valence-corrected chi connectivity index (χ0v) is 19.7. The Bertz CT molecular complexity index is 445. The number of halogens is 1. The number of carbonyl (C=O) groups excluding carboxylic acids is 1. The Balaban J connectivity index is 0.00000392. The maximum Gasteiger partial charge on any atom is 0.222 e. The highest BCUT2D eigenvalue weighted by atomic mass is 127. The van der Waals surface area contributed by atoms with E-state index < -0.39 is 0 Å². The van der Waals surface area contributed by atoms with Gasteiger partial charge in [-0.3, -0.25) is 9.79 Å². The van der Waals surface area contributed by atoms with E-state index >= 15 is 0 Å². The Hall–Kier alpha value is -0.610. The molecule has 2 aliphatic rings. The SMILES string of the molecule is CCNC(=NCCCN1CCCCCC1=O)NCCCOCC1CCCO1.I. The molecule has 8 heteroatoms. The number of guanidine groups is 1. The molecule has 0 spiro atoms. The van der Waals surface area contributed by atoms with Gasteiger partial charge in [0.05, 0.1) is 12.7 Å². The third kappa shape index (κ3) is 10.8. The second kappa shape index (κ2) is 16.2. The lowest BCUT2D eigenvalue weighted by Crippen LogP contribution is -2.38. The van der Waals surface area contributed by atoms with Gasteiger partial charge in [0, 0.05) is 52.4 Å². The highest BCUT2D eigenvalue weighted by Gasteiger charge is 2.16. The van der Waals surface area contributed by atoms with Gasteiger partial charge in [0.1, 0.15) is 0 Å². The Morgan fingerprint density at radius 2 is 2.14 bits per heavy atom. The van der Waals surface area contributed by atoms with Gasteiger partial charge in [-0.1, -0.05) is 6.42 Å². The monoisotopic (exact) mass is 510 g/mol. The molecule has 0 saturated carbocycles. The van der Waals surface area contributed by atoms with Crippen molar-refractivity contribution in [1.82, 2.24) is 15.5 Å². The molecule has 2 rings (SSSR count). The number of carbonyl (C=O) groups is 1. The van der Waals surface area contributed by atoms with Crippen molar-refractivity contribution in [2.45, 2.75) is 64.4 Å². The van der Waals surface area contributed by atoms with Crippen molar-refractivity contribution < 1.29 is 14.3 Å². The van der Waals surface area contributed by atoms with Crippen LogP contribution >= 0.6 is 24.0 Å². The average Bonchev–Trinajstić information content (AvgIpc) is 3.10. The molecule has 7 nitrogen and oxygen atoms in total. The summed E-state index contributed by atoms with van der Waals surface area (Å²) in [6.45, 7) is 8.53. The van der Waals surface area contributed by atoms with Crippen molar-refractivity contribution in [3.63, 3.8) is 0 Å². The molecule has 0 aromatic rings. The van der Waals surface area contributed by atoms with Gasteiger partial charge in [0.2, 0.25) is 5.91 Å². The molecule has 2 aliphatic heterocycles. The summed E-state index contributed by atoms with van der Waals surface area (Å²) in [5.41, 5.74) is 0. The minimum Gasteiger partial charge on any atom is -0.379 e. The quantitative estimate of drug-likeness (QED) is 0.194. The standard InChI is InChI=1S/C20H38N4O3.HI/c1-2-21-20(23-12-8-15-26-17-18-9-6-16-27-18)22-11-7-14-24-13-5-3-4-10-19(24)25;/h18H,2-17H2,1H3,(H2,21,22,23);1H. The highest BCUT2D eigenvalue weighted by Crippen LogP contribution is 2.12. The largest absolute Gasteiger partial charge is 0.379 e. The molecule has 1 amide bonds. The predicted octanol–water partition coefficient (Wildman–Crippen LogP) is 2.54. The molecular formula is C20H39IN4O3. The Morgan fingerprint density at radius 1 is 1.25 bits per heavy atom. The lowest BCUT2D eigenvalue weighted by atomic mass is 10.2. The lowest BCUT2D eigenvalue weighted by molar-refractivity contribution is -0.130. The molecule has 0 radical (unpaired) electrons. The number of hydrogen-bond donors (Lipinski definition) is 2. The van der Waals surface area contributed by atoms with Crippen molar-refractivity contribution in [3.8, 4) is 0 Å². The fourth-order valence-corrected chi connectivity index (χ4v) is 3.44. The van der Waals surface area contributed by atoms with E-state index in [0.717, 1.165) is 90.4 Å². The third-order valence-corrected chi connectivity index (χ3v) is 4.96. The minimum absolute atomic E-state index is 0. The third-order valence-electron chi connectivity index (χ3n) is 4.96. The maximum atomic E-state index is 12.0. The maximum absolute atomic E-state index is 12.0. The van der Waals surface area contributed by atoms with E-state index in [0.29, 0.717) is 25.0 Å². The van der Waals surface area contributed by atoms with Crippen LogP contribution in [0.25, 0.3) is 0 Å². The molecule has 2 fully saturated rings. The van der Waals surface area contributed by atoms with E-state index in [1.165, 1.54) is 6.42 Å². The van der Waals surface area contributed by atoms with Crippen LogP contribution in [0.5, 0.6) is 0 Å². The number of nitrogens with one attached hydrogen (secondary N) is 2. The first-order chi connectivity index (χ1) is 13.3. The van der Waals surface area contributed by atoms with Crippen LogP contribution in [0, 0.1) is 0 Å². The Morgan fingerprint density at radius 3 is 2.93 bits per heavy atom. The number of nitrogens with zero attached hydrogens (tertiary/aromatic N) is 2. The summed E-state index contributed by atoms with van der Waals surface area (Å²) in [5, 5.41) is 6.63. The van der Waals surface area contributed by atoms with Gasteiger partial charge in [-0.05, 0) is 45.4 Å². The molecule has 0 bridgehead atoms. The average molecular weight is 510 g/mol. The topological polar surface area (TPSA) is 75.2 Å². The first-order valence-corrected chi connectivity index (χ1v) is 10.8. The van der Waals surface area contributed by atoms with E-state index in [-0.39, 0.29) is 24.0 Å². The first-order valence-electron chi connectivity index (χ1n) is 10.8. The molecule has 2 heterocycles. The Labute approximate surface area is 187 Å². The summed E-state index contributed by atoms with van der Waals surface area (Å²) in [5.74, 6) is 1.16. The van der Waals surface area contributed by atoms with Crippen LogP contribution in [-0.2, 0) is 14.3 Å². The van der Waals surface area contributed by atoms with Crippen LogP contribution in [0.4, 0.5) is 0 Å². The van der Waals surface area contributed by atoms with Crippen molar-refractivity contribution in [3.05, 3.63) is 0 Å². The second-order valence-corrected chi connectivity index (χ2v) is 7.30. The van der Waals surface area contributed by atoms with E-state index in [1.54, 1.807) is 0 Å². The van der Waals surface area contributed by atoms with Gasteiger partial charge in [0.15, 0.2) is 5.96 Å². The molecule has 0 aliphatic carbocycles.